The smallest absolute Gasteiger partial charge is 0.254 e. The van der Waals surface area contributed by atoms with Gasteiger partial charge in [-0.1, -0.05) is 66.7 Å². The standard InChI is InChI=1S/C32H34N4O2/c1-34-21-27(24-12-8-9-15-28(24)34)30-29(25-13-6-7-14-26(25)32(38)35(30)2)31(37)33-23-16-18-36(19-17-23)20-22-10-4-3-5-11-22/h3-15,21,23,29-30H,16-20H2,1-2H3,(H,33,37). The maximum absolute atomic E-state index is 14.1. The summed E-state index contributed by atoms with van der Waals surface area (Å²) in [4.78, 5) is 31.8. The fourth-order valence-electron chi connectivity index (χ4n) is 6.32. The summed E-state index contributed by atoms with van der Waals surface area (Å²) in [5.74, 6) is -0.532. The zero-order valence-corrected chi connectivity index (χ0v) is 22.0. The van der Waals surface area contributed by atoms with Gasteiger partial charge in [0.05, 0.1) is 12.0 Å². The summed E-state index contributed by atoms with van der Waals surface area (Å²) in [5.41, 5.74) is 4.84. The molecule has 0 spiro atoms. The molecular weight excluding hydrogens is 472 g/mol. The number of piperidine rings is 1. The minimum Gasteiger partial charge on any atom is -0.353 e. The number of carbonyl (C=O) groups is 2. The van der Waals surface area contributed by atoms with Gasteiger partial charge in [0.2, 0.25) is 5.91 Å². The predicted octanol–water partition coefficient (Wildman–Crippen LogP) is 4.87. The third-order valence-electron chi connectivity index (χ3n) is 8.29. The summed E-state index contributed by atoms with van der Waals surface area (Å²) in [7, 11) is 3.84. The Labute approximate surface area is 223 Å². The van der Waals surface area contributed by atoms with Gasteiger partial charge in [-0.05, 0) is 36.1 Å². The summed E-state index contributed by atoms with van der Waals surface area (Å²) >= 11 is 0. The van der Waals surface area contributed by atoms with Crippen LogP contribution in [0.2, 0.25) is 0 Å². The number of hydrogen-bond acceptors (Lipinski definition) is 3. The summed E-state index contributed by atoms with van der Waals surface area (Å²) in [6.07, 6.45) is 3.91. The lowest BCUT2D eigenvalue weighted by Crippen LogP contribution is -2.50. The summed E-state index contributed by atoms with van der Waals surface area (Å²) in [6, 6.07) is 26.1. The first kappa shape index (κ1) is 24.4. The number of nitrogens with zero attached hydrogens (tertiary/aromatic N) is 3. The Bertz CT molecular complexity index is 1470. The van der Waals surface area contributed by atoms with Gasteiger partial charge in [0, 0.05) is 68.0 Å². The molecule has 2 amide bonds. The number of likely N-dealkylation sites (N-methyl/N-ethyl adjacent to an activating group) is 1. The number of likely N-dealkylation sites (tertiary alicyclic amines) is 1. The zero-order chi connectivity index (χ0) is 26.2. The van der Waals surface area contributed by atoms with Crippen molar-refractivity contribution < 1.29 is 9.59 Å². The quantitative estimate of drug-likeness (QED) is 0.420. The molecule has 0 radical (unpaired) electrons. The van der Waals surface area contributed by atoms with E-state index in [2.05, 4.69) is 57.4 Å². The van der Waals surface area contributed by atoms with E-state index in [1.165, 1.54) is 5.56 Å². The molecule has 6 nitrogen and oxygen atoms in total. The van der Waals surface area contributed by atoms with E-state index < -0.39 is 5.92 Å². The van der Waals surface area contributed by atoms with Gasteiger partial charge in [-0.25, -0.2) is 0 Å². The van der Waals surface area contributed by atoms with Crippen molar-refractivity contribution in [1.29, 1.82) is 0 Å². The molecule has 1 aromatic heterocycles. The van der Waals surface area contributed by atoms with Crippen LogP contribution in [0.3, 0.4) is 0 Å². The number of fused-ring (bicyclic) bond motifs is 2. The van der Waals surface area contributed by atoms with Gasteiger partial charge in [0.25, 0.3) is 5.91 Å². The second-order valence-corrected chi connectivity index (χ2v) is 10.7. The Kier molecular flexibility index (Phi) is 6.50. The highest BCUT2D eigenvalue weighted by atomic mass is 16.2. The molecule has 6 heteroatoms. The first-order chi connectivity index (χ1) is 18.5. The molecule has 0 aliphatic carbocycles. The van der Waals surface area contributed by atoms with Gasteiger partial charge in [0.1, 0.15) is 0 Å². The van der Waals surface area contributed by atoms with Crippen LogP contribution in [0.5, 0.6) is 0 Å². The summed E-state index contributed by atoms with van der Waals surface area (Å²) in [6.45, 7) is 2.84. The van der Waals surface area contributed by atoms with E-state index in [9.17, 15) is 9.59 Å². The van der Waals surface area contributed by atoms with Crippen molar-refractivity contribution in [3.8, 4) is 0 Å². The molecule has 2 aliphatic rings. The third kappa shape index (κ3) is 4.39. The van der Waals surface area contributed by atoms with Gasteiger partial charge in [0.15, 0.2) is 0 Å². The Morgan fingerprint density at radius 2 is 1.55 bits per heavy atom. The molecule has 2 atom stereocenters. The molecule has 2 aliphatic heterocycles. The van der Waals surface area contributed by atoms with Crippen LogP contribution in [0, 0.1) is 0 Å². The van der Waals surface area contributed by atoms with Crippen LogP contribution in [0.15, 0.2) is 85.1 Å². The number of rotatable bonds is 5. The van der Waals surface area contributed by atoms with Crippen LogP contribution in [-0.4, -0.2) is 52.4 Å². The Hall–Kier alpha value is -3.90. The molecule has 1 saturated heterocycles. The van der Waals surface area contributed by atoms with Crippen LogP contribution in [0.1, 0.15) is 51.8 Å². The van der Waals surface area contributed by atoms with Crippen molar-refractivity contribution in [3.05, 3.63) is 107 Å². The van der Waals surface area contributed by atoms with Crippen LogP contribution in [-0.2, 0) is 18.4 Å². The molecule has 2 unspecified atom stereocenters. The molecule has 38 heavy (non-hydrogen) atoms. The van der Waals surface area contributed by atoms with E-state index in [1.807, 2.05) is 56.6 Å². The highest BCUT2D eigenvalue weighted by molar-refractivity contribution is 6.02. The van der Waals surface area contributed by atoms with E-state index >= 15 is 0 Å². The molecule has 194 valence electrons. The number of hydrogen-bond donors (Lipinski definition) is 1. The second kappa shape index (κ2) is 10.1. The monoisotopic (exact) mass is 506 g/mol. The minimum atomic E-state index is -0.484. The number of nitrogens with one attached hydrogen (secondary N) is 1. The second-order valence-electron chi connectivity index (χ2n) is 10.7. The maximum atomic E-state index is 14.1. The lowest BCUT2D eigenvalue weighted by atomic mass is 9.79. The number of aryl methyl sites for hydroxylation is 1. The topological polar surface area (TPSA) is 57.6 Å². The van der Waals surface area contributed by atoms with E-state index in [4.69, 9.17) is 0 Å². The summed E-state index contributed by atoms with van der Waals surface area (Å²) < 4.78 is 2.08. The minimum absolute atomic E-state index is 0.00348. The van der Waals surface area contributed by atoms with Crippen molar-refractivity contribution >= 4 is 22.7 Å². The lowest BCUT2D eigenvalue weighted by Gasteiger charge is -2.40. The number of amides is 2. The van der Waals surface area contributed by atoms with Gasteiger partial charge in [-0.15, -0.1) is 0 Å². The third-order valence-corrected chi connectivity index (χ3v) is 8.29. The number of para-hydroxylation sites is 1. The largest absolute Gasteiger partial charge is 0.353 e. The van der Waals surface area contributed by atoms with Crippen LogP contribution >= 0.6 is 0 Å². The van der Waals surface area contributed by atoms with Crippen molar-refractivity contribution in [2.75, 3.05) is 20.1 Å². The van der Waals surface area contributed by atoms with E-state index in [-0.39, 0.29) is 23.9 Å². The van der Waals surface area contributed by atoms with Gasteiger partial charge < -0.3 is 14.8 Å². The fourth-order valence-corrected chi connectivity index (χ4v) is 6.32. The summed E-state index contributed by atoms with van der Waals surface area (Å²) in [5, 5.41) is 4.47. The fraction of sp³-hybridized carbons (Fsp3) is 0.312. The number of carbonyl (C=O) groups excluding carboxylic acids is 2. The van der Waals surface area contributed by atoms with Crippen molar-refractivity contribution in [2.45, 2.75) is 37.4 Å². The highest BCUT2D eigenvalue weighted by Gasteiger charge is 2.44. The van der Waals surface area contributed by atoms with Gasteiger partial charge >= 0.3 is 0 Å². The van der Waals surface area contributed by atoms with E-state index in [0.717, 1.165) is 54.5 Å². The van der Waals surface area contributed by atoms with Gasteiger partial charge in [-0.2, -0.15) is 0 Å². The molecule has 1 fully saturated rings. The van der Waals surface area contributed by atoms with E-state index in [0.29, 0.717) is 5.56 Å². The predicted molar refractivity (Wildman–Crippen MR) is 150 cm³/mol. The molecule has 6 rings (SSSR count). The van der Waals surface area contributed by atoms with Crippen molar-refractivity contribution in [1.82, 2.24) is 19.7 Å². The molecule has 0 bridgehead atoms. The van der Waals surface area contributed by atoms with Crippen molar-refractivity contribution in [2.24, 2.45) is 7.05 Å². The molecule has 1 N–H and O–H groups in total. The molecule has 0 saturated carbocycles. The SMILES string of the molecule is CN1C(=O)c2ccccc2C(C(=O)NC2CCN(Cc3ccccc3)CC2)C1c1cn(C)c2ccccc12. The van der Waals surface area contributed by atoms with Crippen LogP contribution in [0.25, 0.3) is 10.9 Å². The number of aromatic nitrogens is 1. The molecule has 3 heterocycles. The average molecular weight is 507 g/mol. The van der Waals surface area contributed by atoms with Crippen LogP contribution < -0.4 is 5.32 Å². The van der Waals surface area contributed by atoms with Crippen molar-refractivity contribution in [3.63, 3.8) is 0 Å². The average Bonchev–Trinajstić information content (AvgIpc) is 3.28. The van der Waals surface area contributed by atoms with Crippen LogP contribution in [0.4, 0.5) is 0 Å². The normalized spacial score (nSPS) is 20.5. The first-order valence-electron chi connectivity index (χ1n) is 13.5. The van der Waals surface area contributed by atoms with E-state index in [1.54, 1.807) is 4.90 Å². The number of benzene rings is 3. The lowest BCUT2D eigenvalue weighted by molar-refractivity contribution is -0.125. The Morgan fingerprint density at radius 3 is 2.34 bits per heavy atom. The highest BCUT2D eigenvalue weighted by Crippen LogP contribution is 2.44. The zero-order valence-electron chi connectivity index (χ0n) is 22.0. The Morgan fingerprint density at radius 1 is 0.868 bits per heavy atom. The van der Waals surface area contributed by atoms with Gasteiger partial charge in [-0.3, -0.25) is 14.5 Å². The maximum Gasteiger partial charge on any atom is 0.254 e. The molecule has 4 aromatic rings. The Balaban J connectivity index is 1.27. The molecule has 3 aromatic carbocycles. The first-order valence-corrected chi connectivity index (χ1v) is 13.5. The molecular formula is C32H34N4O2.